The molecule has 0 rings (SSSR count). The number of carbonyl (C=O) groups is 1. The summed E-state index contributed by atoms with van der Waals surface area (Å²) in [6, 6.07) is 0. The predicted molar refractivity (Wildman–Crippen MR) is 64.9 cm³/mol. The third kappa shape index (κ3) is 6.79. The maximum Gasteiger partial charge on any atom is 0.223 e. The molecule has 96 valence electrons. The second-order valence-corrected chi connectivity index (χ2v) is 6.16. The molecule has 0 aromatic rings. The van der Waals surface area contributed by atoms with Crippen LogP contribution in [0.1, 0.15) is 26.2 Å². The molecule has 0 saturated carbocycles. The summed E-state index contributed by atoms with van der Waals surface area (Å²) < 4.78 is 22.8. The minimum atomic E-state index is -3.05. The maximum absolute atomic E-state index is 11.5. The molecule has 0 bridgehead atoms. The van der Waals surface area contributed by atoms with Crippen LogP contribution in [0, 0.1) is 0 Å². The first kappa shape index (κ1) is 15.4. The zero-order chi connectivity index (χ0) is 12.6. The standard InChI is InChI=1S/C10H22N2O3S/c1-3-8-16(14,15)9-5-10(13)12(2)7-4-6-11/h3-9,11H2,1-2H3. The van der Waals surface area contributed by atoms with Gasteiger partial charge in [0.1, 0.15) is 0 Å². The average molecular weight is 250 g/mol. The molecule has 16 heavy (non-hydrogen) atoms. The Morgan fingerprint density at radius 1 is 1.31 bits per heavy atom. The number of amides is 1. The lowest BCUT2D eigenvalue weighted by Crippen LogP contribution is -2.30. The molecule has 6 heteroatoms. The Labute approximate surface area is 97.9 Å². The molecule has 0 heterocycles. The summed E-state index contributed by atoms with van der Waals surface area (Å²) >= 11 is 0. The smallest absolute Gasteiger partial charge is 0.223 e. The Balaban J connectivity index is 3.97. The van der Waals surface area contributed by atoms with Crippen molar-refractivity contribution < 1.29 is 13.2 Å². The van der Waals surface area contributed by atoms with Gasteiger partial charge in [-0.05, 0) is 19.4 Å². The van der Waals surface area contributed by atoms with Crippen LogP contribution in [-0.2, 0) is 14.6 Å². The molecule has 1 amide bonds. The van der Waals surface area contributed by atoms with Gasteiger partial charge in [0.25, 0.3) is 0 Å². The highest BCUT2D eigenvalue weighted by atomic mass is 32.2. The zero-order valence-electron chi connectivity index (χ0n) is 10.1. The van der Waals surface area contributed by atoms with Gasteiger partial charge in [0.2, 0.25) is 5.91 Å². The van der Waals surface area contributed by atoms with Crippen LogP contribution in [0.15, 0.2) is 0 Å². The first-order valence-electron chi connectivity index (χ1n) is 5.57. The van der Waals surface area contributed by atoms with E-state index >= 15 is 0 Å². The summed E-state index contributed by atoms with van der Waals surface area (Å²) in [5.74, 6) is -0.0208. The molecule has 0 saturated heterocycles. The lowest BCUT2D eigenvalue weighted by molar-refractivity contribution is -0.129. The molecule has 0 aliphatic heterocycles. The Morgan fingerprint density at radius 3 is 2.44 bits per heavy atom. The molecule has 0 fully saturated rings. The molecule has 0 aromatic heterocycles. The van der Waals surface area contributed by atoms with E-state index in [0.29, 0.717) is 19.5 Å². The Morgan fingerprint density at radius 2 is 1.94 bits per heavy atom. The van der Waals surface area contributed by atoms with Gasteiger partial charge in [-0.25, -0.2) is 8.42 Å². The first-order chi connectivity index (χ1) is 7.43. The predicted octanol–water partition coefficient (Wildman–Crippen LogP) is 0.00850. The van der Waals surface area contributed by atoms with Gasteiger partial charge in [-0.15, -0.1) is 0 Å². The maximum atomic E-state index is 11.5. The number of rotatable bonds is 8. The van der Waals surface area contributed by atoms with Crippen molar-refractivity contribution in [1.82, 2.24) is 4.90 Å². The van der Waals surface area contributed by atoms with Crippen molar-refractivity contribution in [3.8, 4) is 0 Å². The van der Waals surface area contributed by atoms with Crippen molar-refractivity contribution in [2.75, 3.05) is 31.6 Å². The molecule has 2 N–H and O–H groups in total. The van der Waals surface area contributed by atoms with E-state index in [2.05, 4.69) is 0 Å². The van der Waals surface area contributed by atoms with Gasteiger partial charge in [0.05, 0.1) is 5.75 Å². The molecule has 0 unspecified atom stereocenters. The van der Waals surface area contributed by atoms with Crippen LogP contribution in [0.2, 0.25) is 0 Å². The average Bonchev–Trinajstić information content (AvgIpc) is 2.22. The highest BCUT2D eigenvalue weighted by Crippen LogP contribution is 2.00. The molecule has 0 radical (unpaired) electrons. The van der Waals surface area contributed by atoms with Gasteiger partial charge in [-0.3, -0.25) is 4.79 Å². The van der Waals surface area contributed by atoms with Crippen LogP contribution in [0.5, 0.6) is 0 Å². The molecule has 0 spiro atoms. The minimum absolute atomic E-state index is 0.0490. The molecule has 0 aliphatic carbocycles. The summed E-state index contributed by atoms with van der Waals surface area (Å²) in [4.78, 5) is 13.1. The van der Waals surface area contributed by atoms with Gasteiger partial charge in [0.15, 0.2) is 9.84 Å². The number of sulfone groups is 1. The van der Waals surface area contributed by atoms with Crippen LogP contribution in [0.4, 0.5) is 0 Å². The van der Waals surface area contributed by atoms with Crippen molar-refractivity contribution in [1.29, 1.82) is 0 Å². The Bertz CT molecular complexity index is 301. The zero-order valence-corrected chi connectivity index (χ0v) is 10.9. The van der Waals surface area contributed by atoms with Crippen LogP contribution < -0.4 is 5.73 Å². The first-order valence-corrected chi connectivity index (χ1v) is 7.39. The quantitative estimate of drug-likeness (QED) is 0.658. The van der Waals surface area contributed by atoms with E-state index in [1.807, 2.05) is 6.92 Å². The van der Waals surface area contributed by atoms with Crippen molar-refractivity contribution >= 4 is 15.7 Å². The highest BCUT2D eigenvalue weighted by Gasteiger charge is 2.14. The number of nitrogens with two attached hydrogens (primary N) is 1. The van der Waals surface area contributed by atoms with Crippen LogP contribution in [0.25, 0.3) is 0 Å². The van der Waals surface area contributed by atoms with Crippen LogP contribution >= 0.6 is 0 Å². The van der Waals surface area contributed by atoms with E-state index in [1.54, 1.807) is 7.05 Å². The summed E-state index contributed by atoms with van der Waals surface area (Å²) in [6.07, 6.45) is 1.41. The fraction of sp³-hybridized carbons (Fsp3) is 0.900. The summed E-state index contributed by atoms with van der Waals surface area (Å²) in [5.41, 5.74) is 5.33. The molecular weight excluding hydrogens is 228 g/mol. The summed E-state index contributed by atoms with van der Waals surface area (Å²) in [6.45, 7) is 2.93. The molecule has 0 atom stereocenters. The van der Waals surface area contributed by atoms with Crippen molar-refractivity contribution in [2.45, 2.75) is 26.2 Å². The van der Waals surface area contributed by atoms with Gasteiger partial charge in [-0.1, -0.05) is 6.92 Å². The fourth-order valence-corrected chi connectivity index (χ4v) is 2.61. The second kappa shape index (κ2) is 7.62. The van der Waals surface area contributed by atoms with Crippen molar-refractivity contribution in [3.63, 3.8) is 0 Å². The van der Waals surface area contributed by atoms with E-state index < -0.39 is 9.84 Å². The molecule has 0 aromatic carbocycles. The van der Waals surface area contributed by atoms with Gasteiger partial charge in [0, 0.05) is 25.8 Å². The monoisotopic (exact) mass is 250 g/mol. The SMILES string of the molecule is CCCS(=O)(=O)CCC(=O)N(C)CCCN. The number of nitrogens with zero attached hydrogens (tertiary/aromatic N) is 1. The molecular formula is C10H22N2O3S. The molecule has 5 nitrogen and oxygen atoms in total. The van der Waals surface area contributed by atoms with Gasteiger partial charge >= 0.3 is 0 Å². The summed E-state index contributed by atoms with van der Waals surface area (Å²) in [5, 5.41) is 0. The normalized spacial score (nSPS) is 11.4. The van der Waals surface area contributed by atoms with E-state index in [0.717, 1.165) is 6.42 Å². The van der Waals surface area contributed by atoms with Crippen LogP contribution in [-0.4, -0.2) is 50.9 Å². The van der Waals surface area contributed by atoms with Gasteiger partial charge < -0.3 is 10.6 Å². The van der Waals surface area contributed by atoms with E-state index in [-0.39, 0.29) is 23.8 Å². The largest absolute Gasteiger partial charge is 0.346 e. The lowest BCUT2D eigenvalue weighted by atomic mass is 10.3. The van der Waals surface area contributed by atoms with E-state index in [1.165, 1.54) is 4.90 Å². The summed E-state index contributed by atoms with van der Waals surface area (Å²) in [7, 11) is -1.38. The third-order valence-electron chi connectivity index (χ3n) is 2.27. The lowest BCUT2D eigenvalue weighted by Gasteiger charge is -2.16. The van der Waals surface area contributed by atoms with Gasteiger partial charge in [-0.2, -0.15) is 0 Å². The third-order valence-corrected chi connectivity index (χ3v) is 4.12. The fourth-order valence-electron chi connectivity index (χ4n) is 1.30. The number of carbonyl (C=O) groups excluding carboxylic acids is 1. The van der Waals surface area contributed by atoms with Crippen molar-refractivity contribution in [3.05, 3.63) is 0 Å². The van der Waals surface area contributed by atoms with Crippen LogP contribution in [0.3, 0.4) is 0 Å². The van der Waals surface area contributed by atoms with E-state index in [9.17, 15) is 13.2 Å². The Kier molecular flexibility index (Phi) is 7.33. The molecule has 0 aliphatic rings. The van der Waals surface area contributed by atoms with Crippen molar-refractivity contribution in [2.24, 2.45) is 5.73 Å². The highest BCUT2D eigenvalue weighted by molar-refractivity contribution is 7.91. The second-order valence-electron chi connectivity index (χ2n) is 3.86. The topological polar surface area (TPSA) is 80.5 Å². The number of hydrogen-bond donors (Lipinski definition) is 1. The minimum Gasteiger partial charge on any atom is -0.346 e. The Hall–Kier alpha value is -0.620. The van der Waals surface area contributed by atoms with E-state index in [4.69, 9.17) is 5.73 Å². The number of hydrogen-bond acceptors (Lipinski definition) is 4.